The number of aryl methyl sites for hydroxylation is 2. The van der Waals surface area contributed by atoms with Crippen LogP contribution in [0.3, 0.4) is 0 Å². The van der Waals surface area contributed by atoms with Gasteiger partial charge in [-0.3, -0.25) is 9.69 Å². The molecule has 5 rings (SSSR count). The predicted octanol–water partition coefficient (Wildman–Crippen LogP) is 5.02. The van der Waals surface area contributed by atoms with Gasteiger partial charge in [-0.2, -0.15) is 0 Å². The summed E-state index contributed by atoms with van der Waals surface area (Å²) in [7, 11) is 0. The van der Waals surface area contributed by atoms with Crippen molar-refractivity contribution < 1.29 is 0 Å². The average molecular weight is 463 g/mol. The first-order valence-corrected chi connectivity index (χ1v) is 12.8. The molecule has 3 aromatic rings. The Morgan fingerprint density at radius 2 is 1.76 bits per heavy atom. The molecule has 1 spiro atoms. The first kappa shape index (κ1) is 23.2. The largest absolute Gasteiger partial charge is 0.322 e. The number of fused-ring (bicyclic) bond motifs is 1. The van der Waals surface area contributed by atoms with Gasteiger partial charge in [-0.05, 0) is 106 Å². The third-order valence-electron chi connectivity index (χ3n) is 7.98. The van der Waals surface area contributed by atoms with Crippen LogP contribution < -0.4 is 5.56 Å². The van der Waals surface area contributed by atoms with Gasteiger partial charge in [0.15, 0.2) is 5.82 Å². The van der Waals surface area contributed by atoms with Crippen molar-refractivity contribution in [3.05, 3.63) is 51.1 Å². The maximum Gasteiger partial charge on any atom is 0.253 e. The summed E-state index contributed by atoms with van der Waals surface area (Å²) >= 11 is 0. The zero-order valence-corrected chi connectivity index (χ0v) is 21.3. The molecule has 1 N–H and O–H groups in total. The van der Waals surface area contributed by atoms with Gasteiger partial charge in [-0.25, -0.2) is 4.68 Å². The number of likely N-dealkylation sites (tertiary alicyclic amines) is 1. The van der Waals surface area contributed by atoms with Gasteiger partial charge in [0, 0.05) is 23.0 Å². The molecule has 0 bridgehead atoms. The van der Waals surface area contributed by atoms with Crippen LogP contribution in [0.1, 0.15) is 94.3 Å². The van der Waals surface area contributed by atoms with Gasteiger partial charge >= 0.3 is 0 Å². The minimum absolute atomic E-state index is 0.0470. The zero-order chi connectivity index (χ0) is 24.1. The highest BCUT2D eigenvalue weighted by Gasteiger charge is 2.41. The smallest absolute Gasteiger partial charge is 0.253 e. The van der Waals surface area contributed by atoms with Gasteiger partial charge in [0.1, 0.15) is 6.04 Å². The van der Waals surface area contributed by atoms with Crippen molar-refractivity contribution in [2.45, 2.75) is 91.1 Å². The number of nitrogens with zero attached hydrogens (tertiary/aromatic N) is 5. The summed E-state index contributed by atoms with van der Waals surface area (Å²) in [5.74, 6) is 0.759. The molecule has 1 aromatic carbocycles. The normalized spacial score (nSPS) is 20.1. The van der Waals surface area contributed by atoms with Crippen LogP contribution in [-0.4, -0.2) is 43.2 Å². The van der Waals surface area contributed by atoms with Gasteiger partial charge in [-0.1, -0.05) is 25.3 Å². The van der Waals surface area contributed by atoms with E-state index in [-0.39, 0.29) is 17.1 Å². The summed E-state index contributed by atoms with van der Waals surface area (Å²) in [6, 6.07) is 6.05. The van der Waals surface area contributed by atoms with Crippen molar-refractivity contribution in [2.24, 2.45) is 5.41 Å². The molecule has 2 aliphatic rings. The molecular weight excluding hydrogens is 424 g/mol. The summed E-state index contributed by atoms with van der Waals surface area (Å²) in [6.45, 7) is 12.5. The van der Waals surface area contributed by atoms with Crippen LogP contribution in [0.15, 0.2) is 23.0 Å². The number of aromatic amines is 1. The summed E-state index contributed by atoms with van der Waals surface area (Å²) in [6.07, 6.45) is 8.97. The number of hydrogen-bond donors (Lipinski definition) is 1. The van der Waals surface area contributed by atoms with Crippen LogP contribution in [0, 0.1) is 19.3 Å². The van der Waals surface area contributed by atoms with Crippen molar-refractivity contribution >= 4 is 10.9 Å². The zero-order valence-electron chi connectivity index (χ0n) is 21.3. The number of piperidine rings is 1. The molecule has 1 aliphatic carbocycles. The number of H-pyrrole nitrogens is 1. The van der Waals surface area contributed by atoms with Crippen LogP contribution in [0.2, 0.25) is 0 Å². The summed E-state index contributed by atoms with van der Waals surface area (Å²) in [4.78, 5) is 19.3. The van der Waals surface area contributed by atoms with Crippen molar-refractivity contribution in [3.63, 3.8) is 0 Å². The fraction of sp³-hybridized carbons (Fsp3) is 0.630. The second-order valence-corrected chi connectivity index (χ2v) is 11.8. The lowest BCUT2D eigenvalue weighted by Gasteiger charge is -2.47. The van der Waals surface area contributed by atoms with Crippen molar-refractivity contribution in [1.82, 2.24) is 30.1 Å². The highest BCUT2D eigenvalue weighted by molar-refractivity contribution is 5.83. The van der Waals surface area contributed by atoms with Gasteiger partial charge in [0.2, 0.25) is 0 Å². The predicted molar refractivity (Wildman–Crippen MR) is 135 cm³/mol. The third kappa shape index (κ3) is 4.19. The third-order valence-corrected chi connectivity index (χ3v) is 7.98. The Kier molecular flexibility index (Phi) is 5.87. The maximum atomic E-state index is 13.6. The van der Waals surface area contributed by atoms with E-state index in [1.54, 1.807) is 0 Å². The number of tetrazole rings is 1. The Bertz CT molecular complexity index is 1240. The van der Waals surface area contributed by atoms with Gasteiger partial charge in [0.25, 0.3) is 5.56 Å². The minimum Gasteiger partial charge on any atom is -0.322 e. The minimum atomic E-state index is -0.286. The molecule has 0 amide bonds. The van der Waals surface area contributed by atoms with Crippen LogP contribution in [0.5, 0.6) is 0 Å². The second-order valence-electron chi connectivity index (χ2n) is 11.8. The Balaban J connectivity index is 1.67. The van der Waals surface area contributed by atoms with Crippen molar-refractivity contribution in [2.75, 3.05) is 13.1 Å². The van der Waals surface area contributed by atoms with E-state index in [9.17, 15) is 4.79 Å². The molecule has 0 radical (unpaired) electrons. The SMILES string of the molecule is Cc1cc(C)c2cc(C(c3nnnn3C(C)(C)C)N3CCCC4(CCCCC4)C3)c(=O)[nH]c2c1. The monoisotopic (exact) mass is 462 g/mol. The van der Waals surface area contributed by atoms with E-state index >= 15 is 0 Å². The Morgan fingerprint density at radius 1 is 1.03 bits per heavy atom. The summed E-state index contributed by atoms with van der Waals surface area (Å²) in [5, 5.41) is 14.1. The highest BCUT2D eigenvalue weighted by atomic mass is 16.1. The standard InChI is InChI=1S/C27H38N6O/c1-18-14-19(2)20-16-21(25(34)28-22(20)15-18)23(24-29-30-31-33(24)26(3,4)5)32-13-9-12-27(17-32)10-7-6-8-11-27/h14-16,23H,6-13,17H2,1-5H3,(H,28,34). The molecule has 1 saturated heterocycles. The van der Waals surface area contributed by atoms with Gasteiger partial charge in [0.05, 0.1) is 5.54 Å². The lowest BCUT2D eigenvalue weighted by molar-refractivity contribution is 0.0329. The van der Waals surface area contributed by atoms with Crippen molar-refractivity contribution in [3.8, 4) is 0 Å². The number of nitrogens with one attached hydrogen (secondary N) is 1. The van der Waals surface area contributed by atoms with Crippen LogP contribution in [0.4, 0.5) is 0 Å². The maximum absolute atomic E-state index is 13.6. The quantitative estimate of drug-likeness (QED) is 0.591. The summed E-state index contributed by atoms with van der Waals surface area (Å²) < 4.78 is 1.91. The van der Waals surface area contributed by atoms with Crippen LogP contribution in [0.25, 0.3) is 10.9 Å². The number of hydrogen-bond acceptors (Lipinski definition) is 5. The summed E-state index contributed by atoms with van der Waals surface area (Å²) in [5.41, 5.74) is 3.97. The number of aromatic nitrogens is 5. The number of pyridine rings is 1. The molecule has 34 heavy (non-hydrogen) atoms. The fourth-order valence-electron chi connectivity index (χ4n) is 6.41. The van der Waals surface area contributed by atoms with Gasteiger partial charge in [-0.15, -0.1) is 5.10 Å². The number of benzene rings is 1. The lowest BCUT2D eigenvalue weighted by atomic mass is 9.69. The Labute approximate surface area is 201 Å². The molecule has 2 fully saturated rings. The van der Waals surface area contributed by atoms with E-state index in [0.717, 1.165) is 47.4 Å². The first-order chi connectivity index (χ1) is 16.2. The Morgan fingerprint density at radius 3 is 2.50 bits per heavy atom. The molecule has 1 unspecified atom stereocenters. The topological polar surface area (TPSA) is 79.7 Å². The molecule has 3 heterocycles. The molecule has 2 aromatic heterocycles. The fourth-order valence-corrected chi connectivity index (χ4v) is 6.41. The molecule has 7 nitrogen and oxygen atoms in total. The molecular formula is C27H38N6O. The van der Waals surface area contributed by atoms with Crippen LogP contribution >= 0.6 is 0 Å². The molecule has 182 valence electrons. The van der Waals surface area contributed by atoms with E-state index in [4.69, 9.17) is 0 Å². The van der Waals surface area contributed by atoms with Crippen LogP contribution in [-0.2, 0) is 5.54 Å². The van der Waals surface area contributed by atoms with E-state index in [1.165, 1.54) is 44.1 Å². The van der Waals surface area contributed by atoms with Crippen molar-refractivity contribution in [1.29, 1.82) is 0 Å². The number of rotatable bonds is 3. The van der Waals surface area contributed by atoms with E-state index < -0.39 is 0 Å². The highest BCUT2D eigenvalue weighted by Crippen LogP contribution is 2.45. The molecule has 7 heteroatoms. The average Bonchev–Trinajstić information content (AvgIpc) is 3.25. The lowest BCUT2D eigenvalue weighted by Crippen LogP contribution is -2.48. The second kappa shape index (κ2) is 8.59. The van der Waals surface area contributed by atoms with E-state index in [2.05, 4.69) is 78.2 Å². The first-order valence-electron chi connectivity index (χ1n) is 12.8. The molecule has 1 aliphatic heterocycles. The molecule has 1 atom stereocenters. The van der Waals surface area contributed by atoms with Gasteiger partial charge < -0.3 is 4.98 Å². The Hall–Kier alpha value is -2.54. The van der Waals surface area contributed by atoms with E-state index in [0.29, 0.717) is 5.41 Å². The van der Waals surface area contributed by atoms with E-state index in [1.807, 2.05) is 4.68 Å². The molecule has 1 saturated carbocycles.